The average Bonchev–Trinajstić information content (AvgIpc) is 2.55. The van der Waals surface area contributed by atoms with Crippen LogP contribution in [0, 0.1) is 0 Å². The molecule has 0 aliphatic heterocycles. The summed E-state index contributed by atoms with van der Waals surface area (Å²) in [6.45, 7) is 3.94. The van der Waals surface area contributed by atoms with Gasteiger partial charge in [0.1, 0.15) is 0 Å². The maximum Gasteiger partial charge on any atom is 0.255 e. The number of carbonyl (C=O) groups excluding carboxylic acids is 2. The van der Waals surface area contributed by atoms with Gasteiger partial charge >= 0.3 is 0 Å². The van der Waals surface area contributed by atoms with E-state index in [2.05, 4.69) is 33.1 Å². The molecule has 4 nitrogen and oxygen atoms in total. The normalized spacial score (nSPS) is 9.86. The standard InChI is InChI=1S/C17H15BrN2O2/c1-2-11-19-16(21)12-7-9-13(10-8-12)17(22)20-15-6-4-3-5-14(15)18/h2-10H,1,11H2,(H,19,21)(H,20,22). The van der Waals surface area contributed by atoms with E-state index in [-0.39, 0.29) is 11.8 Å². The molecule has 2 aromatic carbocycles. The number of benzene rings is 2. The Morgan fingerprint density at radius 3 is 2.18 bits per heavy atom. The molecule has 0 bridgehead atoms. The number of nitrogens with one attached hydrogen (secondary N) is 2. The average molecular weight is 359 g/mol. The second-order valence-corrected chi connectivity index (χ2v) is 5.36. The van der Waals surface area contributed by atoms with Crippen molar-refractivity contribution in [1.82, 2.24) is 5.32 Å². The zero-order chi connectivity index (χ0) is 15.9. The van der Waals surface area contributed by atoms with E-state index < -0.39 is 0 Å². The first kappa shape index (κ1) is 16.0. The summed E-state index contributed by atoms with van der Waals surface area (Å²) in [6, 6.07) is 13.8. The highest BCUT2D eigenvalue weighted by atomic mass is 79.9. The van der Waals surface area contributed by atoms with Crippen molar-refractivity contribution in [2.45, 2.75) is 0 Å². The minimum atomic E-state index is -0.232. The smallest absolute Gasteiger partial charge is 0.255 e. The highest BCUT2D eigenvalue weighted by Crippen LogP contribution is 2.21. The third-order valence-electron chi connectivity index (χ3n) is 2.94. The molecule has 0 heterocycles. The molecule has 0 saturated carbocycles. The first-order valence-corrected chi connectivity index (χ1v) is 7.46. The Hall–Kier alpha value is -2.40. The number of halogens is 1. The molecule has 112 valence electrons. The summed E-state index contributed by atoms with van der Waals surface area (Å²) in [7, 11) is 0. The molecule has 0 unspecified atom stereocenters. The highest BCUT2D eigenvalue weighted by molar-refractivity contribution is 9.10. The van der Waals surface area contributed by atoms with Crippen molar-refractivity contribution in [1.29, 1.82) is 0 Å². The lowest BCUT2D eigenvalue weighted by molar-refractivity contribution is 0.0956. The first-order valence-electron chi connectivity index (χ1n) is 6.67. The van der Waals surface area contributed by atoms with E-state index >= 15 is 0 Å². The summed E-state index contributed by atoms with van der Waals surface area (Å²) in [5.41, 5.74) is 1.68. The topological polar surface area (TPSA) is 58.2 Å². The van der Waals surface area contributed by atoms with Crippen molar-refractivity contribution in [3.63, 3.8) is 0 Å². The molecule has 0 aromatic heterocycles. The van der Waals surface area contributed by atoms with Gasteiger partial charge in [0, 0.05) is 22.1 Å². The van der Waals surface area contributed by atoms with Gasteiger partial charge in [0.25, 0.3) is 11.8 Å². The molecule has 0 radical (unpaired) electrons. The van der Waals surface area contributed by atoms with Gasteiger partial charge in [0.15, 0.2) is 0 Å². The lowest BCUT2D eigenvalue weighted by Gasteiger charge is -2.08. The van der Waals surface area contributed by atoms with Crippen molar-refractivity contribution in [2.24, 2.45) is 0 Å². The number of hydrogen-bond acceptors (Lipinski definition) is 2. The van der Waals surface area contributed by atoms with Gasteiger partial charge in [-0.3, -0.25) is 9.59 Å². The number of rotatable bonds is 5. The summed E-state index contributed by atoms with van der Waals surface area (Å²) in [5.74, 6) is -0.428. The summed E-state index contributed by atoms with van der Waals surface area (Å²) in [6.07, 6.45) is 1.61. The van der Waals surface area contributed by atoms with E-state index in [0.29, 0.717) is 23.4 Å². The van der Waals surface area contributed by atoms with Crippen molar-refractivity contribution >= 4 is 33.4 Å². The summed E-state index contributed by atoms with van der Waals surface area (Å²) < 4.78 is 0.809. The predicted molar refractivity (Wildman–Crippen MR) is 91.1 cm³/mol. The van der Waals surface area contributed by atoms with Crippen LogP contribution in [0.15, 0.2) is 65.7 Å². The number of para-hydroxylation sites is 1. The van der Waals surface area contributed by atoms with E-state index in [1.807, 2.05) is 18.2 Å². The molecule has 2 aromatic rings. The fraction of sp³-hybridized carbons (Fsp3) is 0.0588. The van der Waals surface area contributed by atoms with E-state index in [4.69, 9.17) is 0 Å². The van der Waals surface area contributed by atoms with Crippen LogP contribution in [0.3, 0.4) is 0 Å². The van der Waals surface area contributed by atoms with Crippen molar-refractivity contribution in [3.8, 4) is 0 Å². The van der Waals surface area contributed by atoms with Crippen LogP contribution < -0.4 is 10.6 Å². The zero-order valence-electron chi connectivity index (χ0n) is 11.8. The largest absolute Gasteiger partial charge is 0.349 e. The monoisotopic (exact) mass is 358 g/mol. The number of amides is 2. The molecule has 0 spiro atoms. The van der Waals surface area contributed by atoms with Crippen molar-refractivity contribution < 1.29 is 9.59 Å². The van der Waals surface area contributed by atoms with Crippen LogP contribution in [-0.4, -0.2) is 18.4 Å². The van der Waals surface area contributed by atoms with E-state index in [0.717, 1.165) is 4.47 Å². The molecular formula is C17H15BrN2O2. The minimum absolute atomic E-state index is 0.197. The minimum Gasteiger partial charge on any atom is -0.349 e. The van der Waals surface area contributed by atoms with Gasteiger partial charge < -0.3 is 10.6 Å². The van der Waals surface area contributed by atoms with E-state index in [1.165, 1.54) is 0 Å². The van der Waals surface area contributed by atoms with Crippen molar-refractivity contribution in [3.05, 3.63) is 76.8 Å². The van der Waals surface area contributed by atoms with Gasteiger partial charge in [-0.05, 0) is 52.3 Å². The molecule has 0 saturated heterocycles. The lowest BCUT2D eigenvalue weighted by atomic mass is 10.1. The molecule has 0 fully saturated rings. The molecule has 5 heteroatoms. The fourth-order valence-electron chi connectivity index (χ4n) is 1.80. The predicted octanol–water partition coefficient (Wildman–Crippen LogP) is 3.62. The first-order chi connectivity index (χ1) is 10.6. The van der Waals surface area contributed by atoms with Crippen LogP contribution in [0.25, 0.3) is 0 Å². The quantitative estimate of drug-likeness (QED) is 0.802. The van der Waals surface area contributed by atoms with Gasteiger partial charge in [0.05, 0.1) is 5.69 Å². The van der Waals surface area contributed by atoms with Gasteiger partial charge in [-0.25, -0.2) is 0 Å². The van der Waals surface area contributed by atoms with Crippen LogP contribution >= 0.6 is 15.9 Å². The second-order valence-electron chi connectivity index (χ2n) is 4.51. The van der Waals surface area contributed by atoms with Crippen LogP contribution in [0.4, 0.5) is 5.69 Å². The Labute approximate surface area is 137 Å². The van der Waals surface area contributed by atoms with Gasteiger partial charge in [-0.1, -0.05) is 18.2 Å². The summed E-state index contributed by atoms with van der Waals surface area (Å²) in [5, 5.41) is 5.49. The second kappa shape index (κ2) is 7.56. The lowest BCUT2D eigenvalue weighted by Crippen LogP contribution is -2.23. The maximum atomic E-state index is 12.2. The van der Waals surface area contributed by atoms with Gasteiger partial charge in [0.2, 0.25) is 0 Å². The van der Waals surface area contributed by atoms with Crippen molar-refractivity contribution in [2.75, 3.05) is 11.9 Å². The SMILES string of the molecule is C=CCNC(=O)c1ccc(C(=O)Nc2ccccc2Br)cc1. The van der Waals surface area contributed by atoms with Crippen LogP contribution in [-0.2, 0) is 0 Å². The molecule has 2 rings (SSSR count). The van der Waals surface area contributed by atoms with Gasteiger partial charge in [-0.15, -0.1) is 6.58 Å². The number of hydrogen-bond donors (Lipinski definition) is 2. The Morgan fingerprint density at radius 1 is 1.00 bits per heavy atom. The Morgan fingerprint density at radius 2 is 1.59 bits per heavy atom. The number of anilines is 1. The molecule has 22 heavy (non-hydrogen) atoms. The van der Waals surface area contributed by atoms with E-state index in [9.17, 15) is 9.59 Å². The molecule has 2 amide bonds. The maximum absolute atomic E-state index is 12.2. The van der Waals surface area contributed by atoms with Crippen LogP contribution in [0.1, 0.15) is 20.7 Å². The Kier molecular flexibility index (Phi) is 5.49. The van der Waals surface area contributed by atoms with Crippen LogP contribution in [0.5, 0.6) is 0 Å². The Balaban J connectivity index is 2.07. The molecule has 2 N–H and O–H groups in total. The fourth-order valence-corrected chi connectivity index (χ4v) is 2.18. The number of carbonyl (C=O) groups is 2. The summed E-state index contributed by atoms with van der Waals surface area (Å²) >= 11 is 3.38. The van der Waals surface area contributed by atoms with Crippen LogP contribution in [0.2, 0.25) is 0 Å². The molecular weight excluding hydrogens is 344 g/mol. The Bertz CT molecular complexity index is 696. The van der Waals surface area contributed by atoms with Gasteiger partial charge in [-0.2, -0.15) is 0 Å². The third kappa shape index (κ3) is 4.05. The summed E-state index contributed by atoms with van der Waals surface area (Å²) in [4.78, 5) is 23.9. The molecule has 0 aliphatic carbocycles. The zero-order valence-corrected chi connectivity index (χ0v) is 13.4. The molecule has 0 aliphatic rings. The highest BCUT2D eigenvalue weighted by Gasteiger charge is 2.09. The molecule has 0 atom stereocenters. The third-order valence-corrected chi connectivity index (χ3v) is 3.63. The van der Waals surface area contributed by atoms with E-state index in [1.54, 1.807) is 36.4 Å².